The first-order valence-corrected chi connectivity index (χ1v) is 12.1. The minimum atomic E-state index is -0.524. The average molecular weight is 489 g/mol. The summed E-state index contributed by atoms with van der Waals surface area (Å²) < 4.78 is 7.65. The van der Waals surface area contributed by atoms with Crippen LogP contribution >= 0.6 is 23.2 Å². The Labute approximate surface area is 204 Å². The molecule has 0 aliphatic carbocycles. The van der Waals surface area contributed by atoms with Crippen molar-refractivity contribution in [1.29, 1.82) is 0 Å². The fraction of sp³-hybridized carbons (Fsp3) is 0.440. The number of ether oxygens (including phenoxy) is 1. The van der Waals surface area contributed by atoms with Crippen LogP contribution in [0.3, 0.4) is 0 Å². The van der Waals surface area contributed by atoms with E-state index < -0.39 is 11.7 Å². The van der Waals surface area contributed by atoms with E-state index in [1.807, 2.05) is 57.2 Å². The molecule has 0 saturated carbocycles. The number of fused-ring (bicyclic) bond motifs is 1. The number of amides is 1. The lowest BCUT2D eigenvalue weighted by molar-refractivity contribution is 0.0522. The molecule has 2 heterocycles. The monoisotopic (exact) mass is 488 g/mol. The predicted molar refractivity (Wildman–Crippen MR) is 135 cm³/mol. The molecule has 0 spiro atoms. The van der Waals surface area contributed by atoms with Crippen LogP contribution in [0.15, 0.2) is 42.5 Å². The largest absolute Gasteiger partial charge is 0.444 e. The molecule has 6 nitrogen and oxygen atoms in total. The Balaban J connectivity index is 1.63. The molecule has 1 aromatic heterocycles. The molecule has 2 aromatic carbocycles. The summed E-state index contributed by atoms with van der Waals surface area (Å²) in [6.07, 6.45) is 2.78. The average Bonchev–Trinajstić information content (AvgIpc) is 3.12. The van der Waals surface area contributed by atoms with Gasteiger partial charge in [0.05, 0.1) is 27.6 Å². The number of alkyl carbamates (subject to hydrolysis) is 1. The Kier molecular flexibility index (Phi) is 7.05. The summed E-state index contributed by atoms with van der Waals surface area (Å²) in [5.41, 5.74) is 2.53. The molecule has 1 saturated heterocycles. The molecular weight excluding hydrogens is 459 g/mol. The summed E-state index contributed by atoms with van der Waals surface area (Å²) in [6.45, 7) is 7.60. The summed E-state index contributed by atoms with van der Waals surface area (Å²) in [5, 5.41) is 4.03. The second-order valence-corrected chi connectivity index (χ2v) is 10.3. The van der Waals surface area contributed by atoms with Crippen molar-refractivity contribution in [3.8, 4) is 0 Å². The van der Waals surface area contributed by atoms with Crippen molar-refractivity contribution < 1.29 is 9.53 Å². The smallest absolute Gasteiger partial charge is 0.407 e. The molecule has 33 heavy (non-hydrogen) atoms. The lowest BCUT2D eigenvalue weighted by Gasteiger charge is -2.37. The maximum Gasteiger partial charge on any atom is 0.407 e. The number of anilines is 1. The van der Waals surface area contributed by atoms with Crippen LogP contribution in [0.5, 0.6) is 0 Å². The Morgan fingerprint density at radius 1 is 1.15 bits per heavy atom. The highest BCUT2D eigenvalue weighted by Crippen LogP contribution is 2.30. The first-order valence-electron chi connectivity index (χ1n) is 11.3. The number of rotatable bonds is 5. The molecule has 0 bridgehead atoms. The van der Waals surface area contributed by atoms with Crippen molar-refractivity contribution in [3.63, 3.8) is 0 Å². The van der Waals surface area contributed by atoms with E-state index in [1.165, 1.54) is 0 Å². The van der Waals surface area contributed by atoms with Crippen LogP contribution in [0.25, 0.3) is 11.0 Å². The molecule has 0 radical (unpaired) electrons. The molecular formula is C25H30Cl2N4O2. The minimum absolute atomic E-state index is 0.135. The topological polar surface area (TPSA) is 59.4 Å². The summed E-state index contributed by atoms with van der Waals surface area (Å²) in [4.78, 5) is 19.6. The van der Waals surface area contributed by atoms with Crippen LogP contribution in [0.1, 0.15) is 45.6 Å². The Morgan fingerprint density at radius 3 is 2.70 bits per heavy atom. The van der Waals surface area contributed by atoms with E-state index in [4.69, 9.17) is 32.9 Å². The molecule has 1 fully saturated rings. The van der Waals surface area contributed by atoms with E-state index in [2.05, 4.69) is 20.9 Å². The number of imidazole rings is 1. The zero-order valence-corrected chi connectivity index (χ0v) is 20.8. The van der Waals surface area contributed by atoms with Crippen molar-refractivity contribution >= 4 is 46.3 Å². The zero-order valence-electron chi connectivity index (χ0n) is 19.3. The zero-order chi connectivity index (χ0) is 23.6. The minimum Gasteiger partial charge on any atom is -0.444 e. The Bertz CT molecular complexity index is 1140. The lowest BCUT2D eigenvalue weighted by Crippen LogP contribution is -2.48. The third kappa shape index (κ3) is 5.74. The van der Waals surface area contributed by atoms with E-state index >= 15 is 0 Å². The molecule has 4 rings (SSSR count). The van der Waals surface area contributed by atoms with Gasteiger partial charge in [0.2, 0.25) is 5.95 Å². The van der Waals surface area contributed by atoms with Crippen molar-refractivity contribution in [1.82, 2.24) is 14.9 Å². The highest BCUT2D eigenvalue weighted by atomic mass is 35.5. The van der Waals surface area contributed by atoms with Crippen LogP contribution in [0, 0.1) is 0 Å². The van der Waals surface area contributed by atoms with Gasteiger partial charge in [0.1, 0.15) is 5.60 Å². The predicted octanol–water partition coefficient (Wildman–Crippen LogP) is 6.28. The van der Waals surface area contributed by atoms with E-state index in [0.29, 0.717) is 23.1 Å². The van der Waals surface area contributed by atoms with Crippen molar-refractivity contribution in [3.05, 3.63) is 58.1 Å². The highest BCUT2D eigenvalue weighted by Gasteiger charge is 2.28. The van der Waals surface area contributed by atoms with Crippen molar-refractivity contribution in [2.75, 3.05) is 18.0 Å². The van der Waals surface area contributed by atoms with Gasteiger partial charge in [0.25, 0.3) is 0 Å². The third-order valence-electron chi connectivity index (χ3n) is 5.72. The van der Waals surface area contributed by atoms with E-state index in [-0.39, 0.29) is 6.04 Å². The molecule has 1 aliphatic heterocycles. The van der Waals surface area contributed by atoms with Crippen LogP contribution < -0.4 is 10.2 Å². The fourth-order valence-corrected chi connectivity index (χ4v) is 4.57. The first-order chi connectivity index (χ1) is 15.7. The van der Waals surface area contributed by atoms with Gasteiger partial charge in [-0.3, -0.25) is 0 Å². The van der Waals surface area contributed by atoms with Gasteiger partial charge < -0.3 is 19.5 Å². The summed E-state index contributed by atoms with van der Waals surface area (Å²) in [6, 6.07) is 14.0. The number of hydrogen-bond donors (Lipinski definition) is 1. The van der Waals surface area contributed by atoms with Gasteiger partial charge in [-0.2, -0.15) is 0 Å². The highest BCUT2D eigenvalue weighted by molar-refractivity contribution is 6.42. The van der Waals surface area contributed by atoms with Crippen LogP contribution in [0.4, 0.5) is 10.7 Å². The van der Waals surface area contributed by atoms with Crippen LogP contribution in [0.2, 0.25) is 10.0 Å². The molecule has 1 N–H and O–H groups in total. The molecule has 176 valence electrons. The Hall–Kier alpha value is -2.44. The molecule has 1 amide bonds. The maximum absolute atomic E-state index is 12.3. The molecule has 0 unspecified atom stereocenters. The van der Waals surface area contributed by atoms with Gasteiger partial charge in [-0.1, -0.05) is 41.4 Å². The van der Waals surface area contributed by atoms with Gasteiger partial charge in [0.15, 0.2) is 0 Å². The second kappa shape index (κ2) is 9.82. The van der Waals surface area contributed by atoms with Crippen LogP contribution in [-0.4, -0.2) is 40.4 Å². The molecule has 3 aromatic rings. The van der Waals surface area contributed by atoms with Gasteiger partial charge in [0, 0.05) is 19.1 Å². The normalized spacial score (nSPS) is 16.8. The fourth-order valence-electron chi connectivity index (χ4n) is 4.25. The summed E-state index contributed by atoms with van der Waals surface area (Å²) >= 11 is 12.4. The number of halogens is 2. The van der Waals surface area contributed by atoms with Gasteiger partial charge >= 0.3 is 6.09 Å². The lowest BCUT2D eigenvalue weighted by atomic mass is 10.0. The number of para-hydroxylation sites is 2. The van der Waals surface area contributed by atoms with E-state index in [1.54, 1.807) is 0 Å². The quantitative estimate of drug-likeness (QED) is 0.459. The third-order valence-corrected chi connectivity index (χ3v) is 6.46. The number of aromatic nitrogens is 2. The second-order valence-electron chi connectivity index (χ2n) is 9.46. The van der Waals surface area contributed by atoms with Gasteiger partial charge in [-0.05, 0) is 69.9 Å². The summed E-state index contributed by atoms with van der Waals surface area (Å²) in [5.74, 6) is 0.901. The molecule has 1 atom stereocenters. The van der Waals surface area contributed by atoms with Crippen LogP contribution in [-0.2, 0) is 11.3 Å². The van der Waals surface area contributed by atoms with Crippen molar-refractivity contribution in [2.24, 2.45) is 0 Å². The van der Waals surface area contributed by atoms with E-state index in [9.17, 15) is 4.79 Å². The Morgan fingerprint density at radius 2 is 1.94 bits per heavy atom. The molecule has 1 aliphatic rings. The number of nitrogens with one attached hydrogen (secondary N) is 1. The van der Waals surface area contributed by atoms with Gasteiger partial charge in [-0.25, -0.2) is 9.78 Å². The number of piperidine rings is 1. The summed E-state index contributed by atoms with van der Waals surface area (Å²) in [7, 11) is 0. The first kappa shape index (κ1) is 23.7. The number of carbonyl (C=O) groups excluding carboxylic acids is 1. The van der Waals surface area contributed by atoms with Crippen molar-refractivity contribution in [2.45, 2.75) is 58.2 Å². The number of benzene rings is 2. The SMILES string of the molecule is CC(C)(C)OC(=O)NC[C@H]1CCCCN1c1nc2ccccc2n1Cc1ccc(Cl)c(Cl)c1. The van der Waals surface area contributed by atoms with Gasteiger partial charge in [-0.15, -0.1) is 0 Å². The van der Waals surface area contributed by atoms with E-state index in [0.717, 1.165) is 48.4 Å². The number of hydrogen-bond acceptors (Lipinski definition) is 4. The standard InChI is InChI=1S/C25H30Cl2N4O2/c1-25(2,3)33-24(32)28-15-18-8-6-7-13-30(18)23-29-21-9-4-5-10-22(21)31(23)16-17-11-12-19(26)20(27)14-17/h4-5,9-12,14,18H,6-8,13,15-16H2,1-3H3,(H,28,32)/t18-/m1/s1. The maximum atomic E-state index is 12.3. The number of carbonyl (C=O) groups is 1. The molecule has 8 heteroatoms. The number of nitrogens with zero attached hydrogens (tertiary/aromatic N) is 3.